The van der Waals surface area contributed by atoms with Crippen LogP contribution in [0, 0.1) is 0 Å². The maximum absolute atomic E-state index is 12.6. The molecule has 0 saturated heterocycles. The molecule has 1 fully saturated rings. The number of rotatable bonds is 2. The zero-order chi connectivity index (χ0) is 14.3. The summed E-state index contributed by atoms with van der Waals surface area (Å²) in [6.45, 7) is 3.54. The third kappa shape index (κ3) is 2.26. The summed E-state index contributed by atoms with van der Waals surface area (Å²) in [5.41, 5.74) is 1.63. The van der Waals surface area contributed by atoms with E-state index in [4.69, 9.17) is 0 Å². The van der Waals surface area contributed by atoms with Crippen molar-refractivity contribution < 1.29 is 9.59 Å². The van der Waals surface area contributed by atoms with Gasteiger partial charge in [0.05, 0.1) is 10.9 Å². The minimum atomic E-state index is -0.0359. The van der Waals surface area contributed by atoms with Crippen LogP contribution in [0.2, 0.25) is 0 Å². The molecule has 0 radical (unpaired) electrons. The van der Waals surface area contributed by atoms with Crippen molar-refractivity contribution in [3.63, 3.8) is 0 Å². The molecule has 1 aromatic rings. The van der Waals surface area contributed by atoms with Gasteiger partial charge in [0.2, 0.25) is 5.91 Å². The summed E-state index contributed by atoms with van der Waals surface area (Å²) in [5, 5.41) is -0.0359. The monoisotopic (exact) mass is 289 g/mol. The van der Waals surface area contributed by atoms with E-state index in [1.165, 1.54) is 12.8 Å². The molecule has 106 valence electrons. The summed E-state index contributed by atoms with van der Waals surface area (Å²) in [6, 6.07) is 6.06. The summed E-state index contributed by atoms with van der Waals surface area (Å²) in [5.74, 6) is 0.241. The van der Waals surface area contributed by atoms with Crippen LogP contribution < -0.4 is 4.90 Å². The average Bonchev–Trinajstić information content (AvgIpc) is 2.93. The van der Waals surface area contributed by atoms with E-state index in [1.807, 2.05) is 30.0 Å². The Kier molecular flexibility index (Phi) is 3.59. The van der Waals surface area contributed by atoms with Crippen LogP contribution in [0.5, 0.6) is 0 Å². The standard InChI is InChI=1S/C16H19NO2S/c1-10(18)12-7-8-15-14(9-12)17(13-5-3-4-6-13)16(19)11(2)20-15/h7-9,11,13H,3-6H2,1-2H3. The van der Waals surface area contributed by atoms with Gasteiger partial charge in [0.25, 0.3) is 0 Å². The molecule has 1 saturated carbocycles. The minimum Gasteiger partial charge on any atom is -0.307 e. The number of anilines is 1. The van der Waals surface area contributed by atoms with Crippen molar-refractivity contribution in [3.8, 4) is 0 Å². The first-order valence-electron chi connectivity index (χ1n) is 7.22. The number of ketones is 1. The summed E-state index contributed by atoms with van der Waals surface area (Å²) >= 11 is 1.60. The summed E-state index contributed by atoms with van der Waals surface area (Å²) < 4.78 is 0. The van der Waals surface area contributed by atoms with Gasteiger partial charge in [-0.05, 0) is 38.8 Å². The van der Waals surface area contributed by atoms with E-state index in [0.717, 1.165) is 23.4 Å². The number of thioether (sulfide) groups is 1. The molecular formula is C16H19NO2S. The molecule has 3 rings (SSSR count). The van der Waals surface area contributed by atoms with Gasteiger partial charge >= 0.3 is 0 Å². The molecule has 1 aliphatic heterocycles. The van der Waals surface area contributed by atoms with Crippen molar-refractivity contribution in [1.29, 1.82) is 0 Å². The Bertz CT molecular complexity index is 564. The van der Waals surface area contributed by atoms with Crippen molar-refractivity contribution in [2.75, 3.05) is 4.90 Å². The maximum atomic E-state index is 12.6. The third-order valence-electron chi connectivity index (χ3n) is 4.20. The minimum absolute atomic E-state index is 0.0359. The lowest BCUT2D eigenvalue weighted by Gasteiger charge is -2.36. The quantitative estimate of drug-likeness (QED) is 0.780. The first-order chi connectivity index (χ1) is 9.58. The maximum Gasteiger partial charge on any atom is 0.240 e. The van der Waals surface area contributed by atoms with Gasteiger partial charge in [0.1, 0.15) is 0 Å². The van der Waals surface area contributed by atoms with Gasteiger partial charge in [-0.1, -0.05) is 18.9 Å². The molecule has 20 heavy (non-hydrogen) atoms. The zero-order valence-corrected chi connectivity index (χ0v) is 12.7. The van der Waals surface area contributed by atoms with Gasteiger partial charge in [-0.25, -0.2) is 0 Å². The number of benzene rings is 1. The van der Waals surface area contributed by atoms with Gasteiger partial charge in [-0.15, -0.1) is 11.8 Å². The third-order valence-corrected chi connectivity index (χ3v) is 5.36. The molecule has 1 aliphatic carbocycles. The SMILES string of the molecule is CC(=O)c1ccc2c(c1)N(C1CCCC1)C(=O)C(C)S2. The number of Topliss-reactive ketones (excluding diaryl/α,β-unsaturated/α-hetero) is 1. The van der Waals surface area contributed by atoms with Crippen LogP contribution in [-0.4, -0.2) is 23.0 Å². The van der Waals surface area contributed by atoms with E-state index in [0.29, 0.717) is 11.6 Å². The normalized spacial score (nSPS) is 23.0. The van der Waals surface area contributed by atoms with Crippen molar-refractivity contribution in [2.45, 2.75) is 55.7 Å². The van der Waals surface area contributed by atoms with Crippen molar-refractivity contribution in [2.24, 2.45) is 0 Å². The molecule has 0 bridgehead atoms. The number of carbonyl (C=O) groups is 2. The van der Waals surface area contributed by atoms with Crippen LogP contribution in [0.1, 0.15) is 49.9 Å². The van der Waals surface area contributed by atoms with E-state index in [9.17, 15) is 9.59 Å². The highest BCUT2D eigenvalue weighted by Crippen LogP contribution is 2.42. The Morgan fingerprint density at radius 3 is 2.65 bits per heavy atom. The Balaban J connectivity index is 2.07. The molecule has 1 heterocycles. The van der Waals surface area contributed by atoms with Crippen molar-refractivity contribution in [3.05, 3.63) is 23.8 Å². The van der Waals surface area contributed by atoms with Crippen LogP contribution >= 0.6 is 11.8 Å². The number of amides is 1. The highest BCUT2D eigenvalue weighted by atomic mass is 32.2. The molecule has 2 aliphatic rings. The molecule has 0 N–H and O–H groups in total. The first kappa shape index (κ1) is 13.7. The van der Waals surface area contributed by atoms with Crippen LogP contribution in [0.3, 0.4) is 0 Å². The van der Waals surface area contributed by atoms with Crippen LogP contribution in [-0.2, 0) is 4.79 Å². The Hall–Kier alpha value is -1.29. The van der Waals surface area contributed by atoms with Gasteiger partial charge < -0.3 is 4.90 Å². The van der Waals surface area contributed by atoms with E-state index in [-0.39, 0.29) is 16.9 Å². The number of carbonyl (C=O) groups excluding carboxylic acids is 2. The number of hydrogen-bond acceptors (Lipinski definition) is 3. The fraction of sp³-hybridized carbons (Fsp3) is 0.500. The average molecular weight is 289 g/mol. The molecular weight excluding hydrogens is 270 g/mol. The molecule has 1 atom stereocenters. The van der Waals surface area contributed by atoms with Crippen molar-refractivity contribution in [1.82, 2.24) is 0 Å². The second-order valence-electron chi connectivity index (χ2n) is 5.65. The largest absolute Gasteiger partial charge is 0.307 e. The van der Waals surface area contributed by atoms with E-state index >= 15 is 0 Å². The van der Waals surface area contributed by atoms with Crippen LogP contribution in [0.4, 0.5) is 5.69 Å². The first-order valence-corrected chi connectivity index (χ1v) is 8.10. The lowest BCUT2D eigenvalue weighted by molar-refractivity contribution is -0.118. The van der Waals surface area contributed by atoms with E-state index in [2.05, 4.69) is 0 Å². The lowest BCUT2D eigenvalue weighted by Crippen LogP contribution is -2.45. The highest BCUT2D eigenvalue weighted by molar-refractivity contribution is 8.01. The summed E-state index contributed by atoms with van der Waals surface area (Å²) in [7, 11) is 0. The lowest BCUT2D eigenvalue weighted by atomic mass is 10.1. The molecule has 1 amide bonds. The topological polar surface area (TPSA) is 37.4 Å². The van der Waals surface area contributed by atoms with E-state index < -0.39 is 0 Å². The number of hydrogen-bond donors (Lipinski definition) is 0. The number of fused-ring (bicyclic) bond motifs is 1. The van der Waals surface area contributed by atoms with E-state index in [1.54, 1.807) is 18.7 Å². The summed E-state index contributed by atoms with van der Waals surface area (Å²) in [6.07, 6.45) is 4.54. The molecule has 1 aromatic carbocycles. The Labute approximate surface area is 123 Å². The second kappa shape index (κ2) is 5.24. The van der Waals surface area contributed by atoms with Crippen molar-refractivity contribution >= 4 is 29.1 Å². The van der Waals surface area contributed by atoms with Gasteiger partial charge in [-0.2, -0.15) is 0 Å². The molecule has 4 heteroatoms. The second-order valence-corrected chi connectivity index (χ2v) is 7.03. The molecule has 0 spiro atoms. The van der Waals surface area contributed by atoms with Gasteiger partial charge in [0, 0.05) is 16.5 Å². The van der Waals surface area contributed by atoms with Gasteiger partial charge in [-0.3, -0.25) is 9.59 Å². The predicted octanol–water partition coefficient (Wildman–Crippen LogP) is 3.66. The highest BCUT2D eigenvalue weighted by Gasteiger charge is 2.36. The van der Waals surface area contributed by atoms with Crippen LogP contribution in [0.15, 0.2) is 23.1 Å². The fourth-order valence-corrected chi connectivity index (χ4v) is 4.14. The molecule has 1 unspecified atom stereocenters. The molecule has 0 aromatic heterocycles. The zero-order valence-electron chi connectivity index (χ0n) is 11.9. The predicted molar refractivity (Wildman–Crippen MR) is 81.5 cm³/mol. The summed E-state index contributed by atoms with van der Waals surface area (Å²) in [4.78, 5) is 27.3. The smallest absolute Gasteiger partial charge is 0.240 e. The Morgan fingerprint density at radius 1 is 1.30 bits per heavy atom. The van der Waals surface area contributed by atoms with Gasteiger partial charge in [0.15, 0.2) is 5.78 Å². The fourth-order valence-electron chi connectivity index (χ4n) is 3.12. The molecule has 3 nitrogen and oxygen atoms in total. The van der Waals surface area contributed by atoms with Crippen LogP contribution in [0.25, 0.3) is 0 Å². The Morgan fingerprint density at radius 2 is 2.00 bits per heavy atom. The number of nitrogens with zero attached hydrogens (tertiary/aromatic N) is 1.